The molecule has 0 aliphatic carbocycles. The van der Waals surface area contributed by atoms with Crippen LogP contribution in [0.3, 0.4) is 0 Å². The quantitative estimate of drug-likeness (QED) is 0.723. The largest absolute Gasteiger partial charge is 0.313 e. The van der Waals surface area contributed by atoms with Gasteiger partial charge in [0.05, 0.1) is 5.69 Å². The second-order valence-corrected chi connectivity index (χ2v) is 3.66. The normalized spacial score (nSPS) is 11.4. The van der Waals surface area contributed by atoms with Crippen molar-refractivity contribution in [2.45, 2.75) is 26.7 Å². The zero-order valence-electron chi connectivity index (χ0n) is 9.95. The Balaban J connectivity index is 2.48. The molecule has 1 aromatic rings. The summed E-state index contributed by atoms with van der Waals surface area (Å²) in [5.74, 6) is 0. The molecule has 1 N–H and O–H groups in total. The molecule has 0 radical (unpaired) electrons. The Hall–Kier alpha value is -1.09. The fraction of sp³-hybridized carbons (Fsp3) is 0.583. The van der Waals surface area contributed by atoms with Gasteiger partial charge in [-0.25, -0.2) is 0 Å². The number of aromatic nitrogens is 2. The summed E-state index contributed by atoms with van der Waals surface area (Å²) in [6.07, 6.45) is 8.54. The lowest BCUT2D eigenvalue weighted by Gasteiger charge is -1.96. The van der Waals surface area contributed by atoms with Gasteiger partial charge in [-0.15, -0.1) is 0 Å². The summed E-state index contributed by atoms with van der Waals surface area (Å²) in [6, 6.07) is 0. The molecule has 0 aromatic carbocycles. The van der Waals surface area contributed by atoms with Crippen LogP contribution in [0.15, 0.2) is 12.3 Å². The minimum atomic E-state index is 0.936. The fourth-order valence-electron chi connectivity index (χ4n) is 1.51. The smallest absolute Gasteiger partial charge is 0.0693 e. The van der Waals surface area contributed by atoms with Gasteiger partial charge in [-0.1, -0.05) is 26.0 Å². The predicted octanol–water partition coefficient (Wildman–Crippen LogP) is 2.00. The van der Waals surface area contributed by atoms with Gasteiger partial charge in [-0.05, 0) is 19.4 Å². The van der Waals surface area contributed by atoms with Crippen LogP contribution in [0.2, 0.25) is 0 Å². The van der Waals surface area contributed by atoms with Crippen molar-refractivity contribution in [3.05, 3.63) is 23.5 Å². The Morgan fingerprint density at radius 3 is 2.93 bits per heavy atom. The molecular formula is C12H21N3. The SMILES string of the molecule is CCCNC/C=C/c1cn(C)nc1CC. The van der Waals surface area contributed by atoms with E-state index in [0.29, 0.717) is 0 Å². The summed E-state index contributed by atoms with van der Waals surface area (Å²) < 4.78 is 1.87. The number of hydrogen-bond acceptors (Lipinski definition) is 2. The summed E-state index contributed by atoms with van der Waals surface area (Å²) in [4.78, 5) is 0. The van der Waals surface area contributed by atoms with Crippen LogP contribution in [0.5, 0.6) is 0 Å². The van der Waals surface area contributed by atoms with Crippen molar-refractivity contribution in [2.24, 2.45) is 7.05 Å². The van der Waals surface area contributed by atoms with Crippen molar-refractivity contribution in [3.63, 3.8) is 0 Å². The van der Waals surface area contributed by atoms with Crippen LogP contribution >= 0.6 is 0 Å². The summed E-state index contributed by atoms with van der Waals surface area (Å²) >= 11 is 0. The number of aryl methyl sites for hydroxylation is 2. The Bertz CT molecular complexity index is 313. The van der Waals surface area contributed by atoms with Gasteiger partial charge in [0.15, 0.2) is 0 Å². The average molecular weight is 207 g/mol. The van der Waals surface area contributed by atoms with Crippen molar-refractivity contribution < 1.29 is 0 Å². The van der Waals surface area contributed by atoms with E-state index < -0.39 is 0 Å². The highest BCUT2D eigenvalue weighted by atomic mass is 15.2. The molecule has 0 atom stereocenters. The van der Waals surface area contributed by atoms with E-state index in [0.717, 1.165) is 19.5 Å². The molecule has 1 heterocycles. The van der Waals surface area contributed by atoms with E-state index in [4.69, 9.17) is 0 Å². The van der Waals surface area contributed by atoms with Gasteiger partial charge in [-0.3, -0.25) is 4.68 Å². The van der Waals surface area contributed by atoms with Crippen molar-refractivity contribution >= 4 is 6.08 Å². The third kappa shape index (κ3) is 3.88. The third-order valence-electron chi connectivity index (χ3n) is 2.26. The highest BCUT2D eigenvalue weighted by Gasteiger charge is 2.00. The number of hydrogen-bond donors (Lipinski definition) is 1. The van der Waals surface area contributed by atoms with Gasteiger partial charge in [0.2, 0.25) is 0 Å². The minimum Gasteiger partial charge on any atom is -0.313 e. The first kappa shape index (κ1) is 12.0. The van der Waals surface area contributed by atoms with E-state index in [2.05, 4.69) is 42.6 Å². The second kappa shape index (κ2) is 6.40. The van der Waals surface area contributed by atoms with Crippen LogP contribution in [-0.4, -0.2) is 22.9 Å². The van der Waals surface area contributed by atoms with Crippen LogP contribution in [-0.2, 0) is 13.5 Å². The maximum atomic E-state index is 4.39. The van der Waals surface area contributed by atoms with Gasteiger partial charge in [0.1, 0.15) is 0 Å². The lowest BCUT2D eigenvalue weighted by atomic mass is 10.2. The molecule has 0 aliphatic heterocycles. The van der Waals surface area contributed by atoms with Crippen molar-refractivity contribution in [1.29, 1.82) is 0 Å². The standard InChI is InChI=1S/C12H21N3/c1-4-8-13-9-6-7-11-10-15(3)14-12(11)5-2/h6-7,10,13H,4-5,8-9H2,1-3H3/b7-6+. The van der Waals surface area contributed by atoms with E-state index in [9.17, 15) is 0 Å². The molecule has 0 bridgehead atoms. The number of rotatable bonds is 6. The van der Waals surface area contributed by atoms with Crippen molar-refractivity contribution in [3.8, 4) is 0 Å². The highest BCUT2D eigenvalue weighted by Crippen LogP contribution is 2.08. The third-order valence-corrected chi connectivity index (χ3v) is 2.26. The maximum Gasteiger partial charge on any atom is 0.0693 e. The molecule has 84 valence electrons. The minimum absolute atomic E-state index is 0.936. The lowest BCUT2D eigenvalue weighted by molar-refractivity contribution is 0.730. The molecule has 0 saturated heterocycles. The molecule has 0 fully saturated rings. The second-order valence-electron chi connectivity index (χ2n) is 3.66. The summed E-state index contributed by atoms with van der Waals surface area (Å²) in [7, 11) is 1.96. The average Bonchev–Trinajstić information content (AvgIpc) is 2.59. The van der Waals surface area contributed by atoms with E-state index in [1.807, 2.05) is 11.7 Å². The van der Waals surface area contributed by atoms with Gasteiger partial charge in [0.25, 0.3) is 0 Å². The van der Waals surface area contributed by atoms with Crippen LogP contribution in [0, 0.1) is 0 Å². The number of nitrogens with zero attached hydrogens (tertiary/aromatic N) is 2. The van der Waals surface area contributed by atoms with Gasteiger partial charge in [-0.2, -0.15) is 5.10 Å². The first-order valence-corrected chi connectivity index (χ1v) is 5.67. The zero-order valence-corrected chi connectivity index (χ0v) is 9.95. The summed E-state index contributed by atoms with van der Waals surface area (Å²) in [5, 5.41) is 7.72. The lowest BCUT2D eigenvalue weighted by Crippen LogP contribution is -2.13. The van der Waals surface area contributed by atoms with E-state index in [-0.39, 0.29) is 0 Å². The summed E-state index contributed by atoms with van der Waals surface area (Å²) in [5.41, 5.74) is 2.41. The Morgan fingerprint density at radius 1 is 1.47 bits per heavy atom. The molecule has 15 heavy (non-hydrogen) atoms. The Labute approximate surface area is 92.2 Å². The van der Waals surface area contributed by atoms with E-state index in [1.165, 1.54) is 17.7 Å². The Kier molecular flexibility index (Phi) is 5.12. The van der Waals surface area contributed by atoms with Crippen LogP contribution in [0.1, 0.15) is 31.5 Å². The van der Waals surface area contributed by atoms with Gasteiger partial charge in [0, 0.05) is 25.4 Å². The molecule has 1 aromatic heterocycles. The van der Waals surface area contributed by atoms with Gasteiger partial charge >= 0.3 is 0 Å². The predicted molar refractivity (Wildman–Crippen MR) is 64.8 cm³/mol. The highest BCUT2D eigenvalue weighted by molar-refractivity contribution is 5.51. The summed E-state index contributed by atoms with van der Waals surface area (Å²) in [6.45, 7) is 6.33. The molecule has 0 unspecified atom stereocenters. The Morgan fingerprint density at radius 2 is 2.27 bits per heavy atom. The van der Waals surface area contributed by atoms with E-state index in [1.54, 1.807) is 0 Å². The first-order valence-electron chi connectivity index (χ1n) is 5.67. The molecule has 1 rings (SSSR count). The van der Waals surface area contributed by atoms with E-state index >= 15 is 0 Å². The molecule has 0 spiro atoms. The zero-order chi connectivity index (χ0) is 11.1. The molecule has 3 nitrogen and oxygen atoms in total. The maximum absolute atomic E-state index is 4.39. The molecular weight excluding hydrogens is 186 g/mol. The van der Waals surface area contributed by atoms with Crippen molar-refractivity contribution in [2.75, 3.05) is 13.1 Å². The van der Waals surface area contributed by atoms with Crippen LogP contribution in [0.25, 0.3) is 6.08 Å². The van der Waals surface area contributed by atoms with Crippen LogP contribution < -0.4 is 5.32 Å². The molecule has 3 heteroatoms. The monoisotopic (exact) mass is 207 g/mol. The molecule has 0 aliphatic rings. The number of nitrogens with one attached hydrogen (secondary N) is 1. The molecule has 0 saturated carbocycles. The molecule has 0 amide bonds. The van der Waals surface area contributed by atoms with Crippen molar-refractivity contribution in [1.82, 2.24) is 15.1 Å². The van der Waals surface area contributed by atoms with Gasteiger partial charge < -0.3 is 5.32 Å². The van der Waals surface area contributed by atoms with Crippen LogP contribution in [0.4, 0.5) is 0 Å². The topological polar surface area (TPSA) is 29.9 Å². The fourth-order valence-corrected chi connectivity index (χ4v) is 1.51. The first-order chi connectivity index (χ1) is 7.27.